The van der Waals surface area contributed by atoms with Crippen molar-refractivity contribution >= 4 is 27.9 Å². The molecule has 0 saturated heterocycles. The van der Waals surface area contributed by atoms with Gasteiger partial charge in [0.25, 0.3) is 4.96 Å². The van der Waals surface area contributed by atoms with Gasteiger partial charge in [-0.05, 0) is 18.8 Å². The molecule has 1 N–H and O–H groups in total. The van der Waals surface area contributed by atoms with Gasteiger partial charge >= 0.3 is 5.82 Å². The third-order valence-electron chi connectivity index (χ3n) is 2.38. The minimum atomic E-state index is -0.945. The van der Waals surface area contributed by atoms with Gasteiger partial charge in [0.1, 0.15) is 6.20 Å². The molecular weight excluding hydrogens is 256 g/mol. The minimum absolute atomic E-state index is 0.0713. The number of nitro groups is 1. The van der Waals surface area contributed by atoms with Crippen LogP contribution in [0, 0.1) is 10.1 Å². The lowest BCUT2D eigenvalue weighted by molar-refractivity contribution is -0.389. The number of likely N-dealkylation sites (N-methyl/N-ethyl adjacent to an activating group) is 1. The van der Waals surface area contributed by atoms with E-state index in [4.69, 9.17) is 0 Å². The van der Waals surface area contributed by atoms with E-state index < -0.39 is 10.5 Å². The van der Waals surface area contributed by atoms with Gasteiger partial charge < -0.3 is 20.1 Å². The molecular formula is C10H14N4O3S. The minimum Gasteiger partial charge on any atom is -0.389 e. The second kappa shape index (κ2) is 4.21. The predicted octanol–water partition coefficient (Wildman–Crippen LogP) is 1.51. The van der Waals surface area contributed by atoms with Gasteiger partial charge in [0.2, 0.25) is 5.82 Å². The van der Waals surface area contributed by atoms with Crippen LogP contribution in [0.2, 0.25) is 0 Å². The van der Waals surface area contributed by atoms with Crippen molar-refractivity contribution in [2.45, 2.75) is 19.4 Å². The molecule has 0 aromatic carbocycles. The van der Waals surface area contributed by atoms with E-state index in [-0.39, 0.29) is 18.2 Å². The van der Waals surface area contributed by atoms with E-state index in [0.29, 0.717) is 4.96 Å². The molecule has 0 fully saturated rings. The Morgan fingerprint density at radius 3 is 2.89 bits per heavy atom. The van der Waals surface area contributed by atoms with E-state index in [9.17, 15) is 15.2 Å². The average Bonchev–Trinajstić information content (AvgIpc) is 2.70. The molecule has 2 aromatic rings. The van der Waals surface area contributed by atoms with Crippen LogP contribution >= 0.6 is 11.3 Å². The molecule has 98 valence electrons. The summed E-state index contributed by atoms with van der Waals surface area (Å²) in [4.78, 5) is 17.1. The van der Waals surface area contributed by atoms with Crippen molar-refractivity contribution in [2.75, 3.05) is 18.5 Å². The normalized spacial score (nSPS) is 12.0. The molecule has 0 spiro atoms. The molecule has 0 aliphatic carbocycles. The summed E-state index contributed by atoms with van der Waals surface area (Å²) >= 11 is 1.33. The quantitative estimate of drug-likeness (QED) is 0.672. The number of imidazole rings is 1. The predicted molar refractivity (Wildman–Crippen MR) is 69.3 cm³/mol. The lowest BCUT2D eigenvalue weighted by atomic mass is 10.1. The highest BCUT2D eigenvalue weighted by molar-refractivity contribution is 7.15. The Morgan fingerprint density at radius 1 is 1.67 bits per heavy atom. The van der Waals surface area contributed by atoms with Crippen molar-refractivity contribution < 1.29 is 10.0 Å². The highest BCUT2D eigenvalue weighted by Crippen LogP contribution is 2.30. The molecule has 2 heterocycles. The Morgan fingerprint density at radius 2 is 2.33 bits per heavy atom. The number of rotatable bonds is 4. The van der Waals surface area contributed by atoms with Crippen molar-refractivity contribution in [1.29, 1.82) is 0 Å². The van der Waals surface area contributed by atoms with Gasteiger partial charge in [-0.15, -0.1) is 0 Å². The number of hydrogen-bond acceptors (Lipinski definition) is 6. The molecule has 0 amide bonds. The first kappa shape index (κ1) is 12.8. The molecule has 0 radical (unpaired) electrons. The largest absolute Gasteiger partial charge is 0.389 e. The molecule has 2 rings (SSSR count). The summed E-state index contributed by atoms with van der Waals surface area (Å²) in [5.41, 5.74) is -0.945. The number of anilines is 1. The van der Waals surface area contributed by atoms with E-state index in [1.54, 1.807) is 37.4 Å². The topological polar surface area (TPSA) is 83.9 Å². The van der Waals surface area contributed by atoms with Crippen LogP contribution in [0.25, 0.3) is 4.96 Å². The fourth-order valence-electron chi connectivity index (χ4n) is 1.84. The van der Waals surface area contributed by atoms with E-state index in [0.717, 1.165) is 0 Å². The Labute approximate surface area is 107 Å². The van der Waals surface area contributed by atoms with Gasteiger partial charge in [-0.3, -0.25) is 0 Å². The summed E-state index contributed by atoms with van der Waals surface area (Å²) in [6.45, 7) is 3.56. The first-order chi connectivity index (χ1) is 8.29. The van der Waals surface area contributed by atoms with Crippen molar-refractivity contribution in [1.82, 2.24) is 9.38 Å². The fraction of sp³-hybridized carbons (Fsp3) is 0.500. The van der Waals surface area contributed by atoms with Crippen molar-refractivity contribution in [2.24, 2.45) is 0 Å². The maximum absolute atomic E-state index is 11.1. The standard InChI is InChI=1S/C10H14N4O3S/c1-10(2,15)6-12(3)7-8(14(16)17)13-4-5-18-9(13)11-7/h4-5,15H,6H2,1-3H3. The number of aromatic nitrogens is 2. The highest BCUT2D eigenvalue weighted by atomic mass is 32.1. The summed E-state index contributed by atoms with van der Waals surface area (Å²) in [5, 5.41) is 22.6. The second-order valence-corrected chi connectivity index (χ2v) is 5.61. The van der Waals surface area contributed by atoms with Gasteiger partial charge in [-0.25, -0.2) is 0 Å². The third kappa shape index (κ3) is 2.29. The van der Waals surface area contributed by atoms with Crippen LogP contribution in [-0.4, -0.2) is 38.6 Å². The van der Waals surface area contributed by atoms with Gasteiger partial charge in [0.05, 0.1) is 5.60 Å². The zero-order chi connectivity index (χ0) is 13.5. The Kier molecular flexibility index (Phi) is 2.99. The summed E-state index contributed by atoms with van der Waals surface area (Å²) in [6, 6.07) is 0. The van der Waals surface area contributed by atoms with Crippen LogP contribution in [0.15, 0.2) is 11.6 Å². The van der Waals surface area contributed by atoms with Gasteiger partial charge in [0.15, 0.2) is 0 Å². The van der Waals surface area contributed by atoms with E-state index in [1.165, 1.54) is 15.7 Å². The smallest absolute Gasteiger partial charge is 0.373 e. The lowest BCUT2D eigenvalue weighted by Gasteiger charge is -2.24. The first-order valence-corrected chi connectivity index (χ1v) is 6.21. The molecule has 8 heteroatoms. The van der Waals surface area contributed by atoms with Gasteiger partial charge in [-0.1, -0.05) is 11.3 Å². The van der Waals surface area contributed by atoms with Crippen molar-refractivity contribution in [3.8, 4) is 0 Å². The maximum atomic E-state index is 11.1. The molecule has 0 aliphatic heterocycles. The first-order valence-electron chi connectivity index (χ1n) is 5.33. The van der Waals surface area contributed by atoms with Crippen LogP contribution in [0.5, 0.6) is 0 Å². The fourth-order valence-corrected chi connectivity index (χ4v) is 2.55. The SMILES string of the molecule is CN(CC(C)(C)O)c1nc2sccn2c1[N+](=O)[O-]. The second-order valence-electron chi connectivity index (χ2n) is 4.74. The average molecular weight is 270 g/mol. The molecule has 7 nitrogen and oxygen atoms in total. The summed E-state index contributed by atoms with van der Waals surface area (Å²) in [6.07, 6.45) is 1.62. The maximum Gasteiger partial charge on any atom is 0.373 e. The molecule has 0 aliphatic rings. The van der Waals surface area contributed by atoms with Crippen LogP contribution in [0.4, 0.5) is 11.6 Å². The summed E-state index contributed by atoms with van der Waals surface area (Å²) < 4.78 is 1.45. The molecule has 0 bridgehead atoms. The van der Waals surface area contributed by atoms with Crippen molar-refractivity contribution in [3.05, 3.63) is 21.7 Å². The zero-order valence-corrected chi connectivity index (χ0v) is 11.1. The van der Waals surface area contributed by atoms with Gasteiger partial charge in [0, 0.05) is 19.0 Å². The summed E-state index contributed by atoms with van der Waals surface area (Å²) in [7, 11) is 1.68. The van der Waals surface area contributed by atoms with E-state index in [2.05, 4.69) is 4.98 Å². The van der Waals surface area contributed by atoms with Crippen molar-refractivity contribution in [3.63, 3.8) is 0 Å². The molecule has 0 atom stereocenters. The molecule has 2 aromatic heterocycles. The molecule has 0 saturated carbocycles. The Bertz CT molecular complexity index is 583. The highest BCUT2D eigenvalue weighted by Gasteiger charge is 2.28. The molecule has 18 heavy (non-hydrogen) atoms. The van der Waals surface area contributed by atoms with Crippen LogP contribution in [0.3, 0.4) is 0 Å². The number of hydrogen-bond donors (Lipinski definition) is 1. The molecule has 0 unspecified atom stereocenters. The van der Waals surface area contributed by atoms with Crippen LogP contribution in [0.1, 0.15) is 13.8 Å². The Balaban J connectivity index is 2.46. The summed E-state index contributed by atoms with van der Waals surface area (Å²) in [5.74, 6) is 0.201. The van der Waals surface area contributed by atoms with E-state index >= 15 is 0 Å². The number of aliphatic hydroxyl groups is 1. The third-order valence-corrected chi connectivity index (χ3v) is 3.13. The van der Waals surface area contributed by atoms with Gasteiger partial charge in [-0.2, -0.15) is 9.38 Å². The van der Waals surface area contributed by atoms with E-state index in [1.807, 2.05) is 0 Å². The number of thiazole rings is 1. The lowest BCUT2D eigenvalue weighted by Crippen LogP contribution is -2.36. The monoisotopic (exact) mass is 270 g/mol. The zero-order valence-electron chi connectivity index (χ0n) is 10.3. The number of fused-ring (bicyclic) bond motifs is 1. The van der Waals surface area contributed by atoms with Crippen LogP contribution in [-0.2, 0) is 0 Å². The Hall–Kier alpha value is -1.67. The number of nitrogens with zero attached hydrogens (tertiary/aromatic N) is 4. The van der Waals surface area contributed by atoms with Crippen LogP contribution < -0.4 is 4.90 Å².